The summed E-state index contributed by atoms with van der Waals surface area (Å²) in [4.78, 5) is 7.86. The molecular weight excluding hydrogens is 733 g/mol. The third-order valence-corrected chi connectivity index (χ3v) is 14.4. The van der Waals surface area contributed by atoms with Crippen molar-refractivity contribution in [3.63, 3.8) is 0 Å². The van der Waals surface area contributed by atoms with Gasteiger partial charge in [0.25, 0.3) is 0 Å². The summed E-state index contributed by atoms with van der Waals surface area (Å²) in [6, 6.07) is 70.5. The third kappa shape index (κ3) is 5.20. The van der Waals surface area contributed by atoms with Crippen LogP contribution < -0.4 is 9.80 Å². The summed E-state index contributed by atoms with van der Waals surface area (Å²) in [5, 5.41) is 3.99. The molecule has 2 aromatic heterocycles. The molecule has 0 radical (unpaired) electrons. The predicted octanol–water partition coefficient (Wildman–Crippen LogP) is 15.6. The van der Waals surface area contributed by atoms with Gasteiger partial charge in [0.05, 0.1) is 17.0 Å². The van der Waals surface area contributed by atoms with Crippen LogP contribution in [0.4, 0.5) is 28.4 Å². The van der Waals surface area contributed by atoms with E-state index in [4.69, 9.17) is 4.42 Å². The largest absolute Gasteiger partial charge is 0.455 e. The van der Waals surface area contributed by atoms with Crippen molar-refractivity contribution in [2.24, 2.45) is 0 Å². The van der Waals surface area contributed by atoms with E-state index < -0.39 is 0 Å². The summed E-state index contributed by atoms with van der Waals surface area (Å²) in [6.45, 7) is 0. The first-order valence-electron chi connectivity index (χ1n) is 19.4. The molecule has 5 heteroatoms. The van der Waals surface area contributed by atoms with Gasteiger partial charge in [0, 0.05) is 58.9 Å². The van der Waals surface area contributed by atoms with Crippen LogP contribution in [0.25, 0.3) is 54.3 Å². The highest BCUT2D eigenvalue weighted by Gasteiger charge is 2.48. The van der Waals surface area contributed by atoms with Crippen molar-refractivity contribution in [1.82, 2.24) is 0 Å². The number of hydrogen-bond donors (Lipinski definition) is 0. The molecule has 2 aliphatic heterocycles. The SMILES string of the molecule is c1ccc(-c2cccc(N(c3ccc(-c4cccc5c4oc4ccccc45)cc3)c3ccc(N4c5c(sc6ccccc56)C5Sc6ccccc6C54)cc3)c2)cc1. The van der Waals surface area contributed by atoms with Gasteiger partial charge in [-0.25, -0.2) is 0 Å². The number of para-hydroxylation sites is 2. The van der Waals surface area contributed by atoms with Gasteiger partial charge < -0.3 is 14.2 Å². The van der Waals surface area contributed by atoms with E-state index in [9.17, 15) is 0 Å². The zero-order chi connectivity index (χ0) is 37.5. The van der Waals surface area contributed by atoms with Crippen LogP contribution in [0.5, 0.6) is 0 Å². The lowest BCUT2D eigenvalue weighted by molar-refractivity contribution is 0.670. The average Bonchev–Trinajstić information content (AvgIpc) is 4.03. The molecular formula is C52H34N2OS2. The van der Waals surface area contributed by atoms with E-state index >= 15 is 0 Å². The van der Waals surface area contributed by atoms with Gasteiger partial charge >= 0.3 is 0 Å². The Balaban J connectivity index is 0.972. The summed E-state index contributed by atoms with van der Waals surface area (Å²) >= 11 is 3.98. The van der Waals surface area contributed by atoms with Gasteiger partial charge in [-0.2, -0.15) is 0 Å². The quantitative estimate of drug-likeness (QED) is 0.168. The van der Waals surface area contributed by atoms with Crippen molar-refractivity contribution >= 4 is 83.6 Å². The Morgan fingerprint density at radius 3 is 2.05 bits per heavy atom. The van der Waals surface area contributed by atoms with Gasteiger partial charge in [0.15, 0.2) is 0 Å². The molecule has 270 valence electrons. The summed E-state index contributed by atoms with van der Waals surface area (Å²) in [5.41, 5.74) is 13.7. The summed E-state index contributed by atoms with van der Waals surface area (Å²) in [6.07, 6.45) is 0. The molecule has 0 amide bonds. The number of nitrogens with zero attached hydrogens (tertiary/aromatic N) is 2. The van der Waals surface area contributed by atoms with E-state index in [0.717, 1.165) is 50.1 Å². The molecule has 3 nitrogen and oxygen atoms in total. The van der Waals surface area contributed by atoms with E-state index in [-0.39, 0.29) is 6.04 Å². The Hall–Kier alpha value is -6.53. The van der Waals surface area contributed by atoms with E-state index in [0.29, 0.717) is 5.25 Å². The average molecular weight is 767 g/mol. The van der Waals surface area contributed by atoms with Crippen molar-refractivity contribution < 1.29 is 4.42 Å². The Morgan fingerprint density at radius 2 is 1.19 bits per heavy atom. The van der Waals surface area contributed by atoms with Gasteiger partial charge in [-0.1, -0.05) is 127 Å². The van der Waals surface area contributed by atoms with E-state index in [1.807, 2.05) is 35.2 Å². The number of hydrogen-bond acceptors (Lipinski definition) is 5. The highest BCUT2D eigenvalue weighted by molar-refractivity contribution is 8.00. The van der Waals surface area contributed by atoms with Crippen LogP contribution in [-0.4, -0.2) is 0 Å². The van der Waals surface area contributed by atoms with Crippen molar-refractivity contribution in [2.75, 3.05) is 9.80 Å². The second kappa shape index (κ2) is 13.0. The standard InChI is InChI=1S/C52H34N2OS2/c1-2-12-33(13-3-1)35-14-10-15-39(32-35)53(36-26-24-34(25-27-36)40-19-11-20-42-41-16-4-7-21-45(41)55-50(40)42)37-28-30-38(31-29-37)54-48-43-17-5-8-22-46(43)56-51(48)52-49(54)44-18-6-9-23-47(44)57-52/h1-32,48,51H. The molecule has 0 bridgehead atoms. The molecule has 57 heavy (non-hydrogen) atoms. The number of furan rings is 1. The maximum absolute atomic E-state index is 6.43. The van der Waals surface area contributed by atoms with Gasteiger partial charge in [0.2, 0.25) is 0 Å². The highest BCUT2D eigenvalue weighted by Crippen LogP contribution is 2.67. The maximum Gasteiger partial charge on any atom is 0.143 e. The number of benzene rings is 8. The van der Waals surface area contributed by atoms with Crippen molar-refractivity contribution in [1.29, 1.82) is 0 Å². The molecule has 8 aromatic carbocycles. The molecule has 0 aliphatic carbocycles. The van der Waals surface area contributed by atoms with Crippen molar-refractivity contribution in [3.05, 3.63) is 205 Å². The van der Waals surface area contributed by atoms with Crippen LogP contribution in [0, 0.1) is 0 Å². The maximum atomic E-state index is 6.43. The van der Waals surface area contributed by atoms with Crippen LogP contribution in [0.3, 0.4) is 0 Å². The minimum Gasteiger partial charge on any atom is -0.455 e. The Bertz CT molecular complexity index is 3130. The molecule has 10 aromatic rings. The van der Waals surface area contributed by atoms with Crippen LogP contribution in [0.2, 0.25) is 0 Å². The van der Waals surface area contributed by atoms with Crippen molar-refractivity contribution in [3.8, 4) is 22.3 Å². The molecule has 2 aliphatic rings. The number of thiophene rings is 1. The monoisotopic (exact) mass is 766 g/mol. The fourth-order valence-electron chi connectivity index (χ4n) is 9.02. The number of rotatable bonds is 6. The fourth-order valence-corrected chi connectivity index (χ4v) is 11.9. The van der Waals surface area contributed by atoms with Crippen LogP contribution in [0.1, 0.15) is 21.7 Å². The second-order valence-electron chi connectivity index (χ2n) is 14.8. The second-order valence-corrected chi connectivity index (χ2v) is 17.1. The normalized spacial score (nSPS) is 15.6. The third-order valence-electron chi connectivity index (χ3n) is 11.6. The van der Waals surface area contributed by atoms with Gasteiger partial charge in [0.1, 0.15) is 11.2 Å². The van der Waals surface area contributed by atoms with E-state index in [2.05, 4.69) is 192 Å². The molecule has 4 heterocycles. The smallest absolute Gasteiger partial charge is 0.143 e. The lowest BCUT2D eigenvalue weighted by Gasteiger charge is -2.30. The zero-order valence-corrected chi connectivity index (χ0v) is 32.4. The predicted molar refractivity (Wildman–Crippen MR) is 241 cm³/mol. The highest BCUT2D eigenvalue weighted by atomic mass is 32.2. The summed E-state index contributed by atoms with van der Waals surface area (Å²) in [5.74, 6) is 0. The summed E-state index contributed by atoms with van der Waals surface area (Å²) in [7, 11) is 0. The lowest BCUT2D eigenvalue weighted by atomic mass is 10.0. The zero-order valence-electron chi connectivity index (χ0n) is 30.7. The molecule has 0 fully saturated rings. The first-order chi connectivity index (χ1) is 28.3. The van der Waals surface area contributed by atoms with Gasteiger partial charge in [-0.15, -0.1) is 23.1 Å². The molecule has 12 rings (SSSR count). The number of fused-ring (bicyclic) bond motifs is 10. The van der Waals surface area contributed by atoms with Gasteiger partial charge in [-0.05, 0) is 89.0 Å². The topological polar surface area (TPSA) is 19.6 Å². The first-order valence-corrected chi connectivity index (χ1v) is 21.1. The Kier molecular flexibility index (Phi) is 7.47. The van der Waals surface area contributed by atoms with E-state index in [1.54, 1.807) is 0 Å². The molecule has 2 unspecified atom stereocenters. The minimum atomic E-state index is 0.255. The molecule has 0 saturated carbocycles. The summed E-state index contributed by atoms with van der Waals surface area (Å²) < 4.78 is 7.78. The first kappa shape index (κ1) is 32.7. The Morgan fingerprint density at radius 1 is 0.509 bits per heavy atom. The number of thioether (sulfide) groups is 1. The van der Waals surface area contributed by atoms with Crippen LogP contribution in [-0.2, 0) is 0 Å². The van der Waals surface area contributed by atoms with Crippen molar-refractivity contribution in [2.45, 2.75) is 16.2 Å². The molecule has 0 N–H and O–H groups in total. The fraction of sp³-hybridized carbons (Fsp3) is 0.0385. The minimum absolute atomic E-state index is 0.255. The lowest BCUT2D eigenvalue weighted by Crippen LogP contribution is -2.19. The number of anilines is 5. The van der Waals surface area contributed by atoms with E-state index in [1.165, 1.54) is 47.9 Å². The Labute approximate surface area is 339 Å². The van der Waals surface area contributed by atoms with Crippen LogP contribution >= 0.6 is 23.1 Å². The molecule has 0 saturated heterocycles. The molecule has 2 atom stereocenters. The molecule has 0 spiro atoms. The van der Waals surface area contributed by atoms with Crippen LogP contribution in [0.15, 0.2) is 203 Å². The van der Waals surface area contributed by atoms with Gasteiger partial charge in [-0.3, -0.25) is 0 Å².